The highest BCUT2D eigenvalue weighted by Crippen LogP contribution is 2.32. The Bertz CT molecular complexity index is 550. The molecule has 0 aliphatic heterocycles. The highest BCUT2D eigenvalue weighted by molar-refractivity contribution is 9.11. The van der Waals surface area contributed by atoms with Gasteiger partial charge in [0.15, 0.2) is 0 Å². The lowest BCUT2D eigenvalue weighted by Crippen LogP contribution is -2.17. The normalized spacial score (nSPS) is 12.4. The van der Waals surface area contributed by atoms with E-state index in [0.717, 1.165) is 18.6 Å². The van der Waals surface area contributed by atoms with Crippen molar-refractivity contribution < 1.29 is 4.74 Å². The molecule has 1 aromatic carbocycles. The maximum absolute atomic E-state index is 5.19. The van der Waals surface area contributed by atoms with E-state index in [0.29, 0.717) is 6.04 Å². The second kappa shape index (κ2) is 7.25. The summed E-state index contributed by atoms with van der Waals surface area (Å²) >= 11 is 5.37. The summed E-state index contributed by atoms with van der Waals surface area (Å²) in [5.41, 5.74) is 2.75. The van der Waals surface area contributed by atoms with E-state index >= 15 is 0 Å². The molecular weight excluding hydrogens is 334 g/mol. The average molecular weight is 354 g/mol. The second-order valence-corrected chi connectivity index (χ2v) is 7.43. The smallest absolute Gasteiger partial charge is 0.118 e. The topological polar surface area (TPSA) is 21.3 Å². The minimum Gasteiger partial charge on any atom is -0.497 e. The number of rotatable bonds is 6. The van der Waals surface area contributed by atoms with Gasteiger partial charge in [0.1, 0.15) is 5.75 Å². The fourth-order valence-corrected chi connectivity index (χ4v) is 4.14. The van der Waals surface area contributed by atoms with Gasteiger partial charge in [-0.3, -0.25) is 0 Å². The number of methoxy groups -OCH3 is 1. The first-order chi connectivity index (χ1) is 9.63. The Morgan fingerprint density at radius 2 is 2.00 bits per heavy atom. The third-order valence-corrected chi connectivity index (χ3v) is 5.10. The minimum atomic E-state index is 0.402. The van der Waals surface area contributed by atoms with E-state index in [1.165, 1.54) is 19.8 Å². The van der Waals surface area contributed by atoms with Crippen molar-refractivity contribution in [2.45, 2.75) is 25.8 Å². The van der Waals surface area contributed by atoms with Gasteiger partial charge in [0.05, 0.1) is 10.9 Å². The van der Waals surface area contributed by atoms with Crippen molar-refractivity contribution in [2.24, 2.45) is 0 Å². The van der Waals surface area contributed by atoms with Crippen LogP contribution in [0.1, 0.15) is 28.5 Å². The zero-order valence-electron chi connectivity index (χ0n) is 12.1. The SMILES string of the molecule is CNC(CCc1ccc(OC)cc1)c1cc(Br)sc1C. The number of thiophene rings is 1. The largest absolute Gasteiger partial charge is 0.497 e. The molecule has 1 unspecified atom stereocenters. The standard InChI is InChI=1S/C16H20BrNOS/c1-11-14(10-16(17)20-11)15(18-2)9-6-12-4-7-13(19-3)8-5-12/h4-5,7-8,10,15,18H,6,9H2,1-3H3. The van der Waals surface area contributed by atoms with Crippen LogP contribution in [-0.4, -0.2) is 14.2 Å². The fraction of sp³-hybridized carbons (Fsp3) is 0.375. The molecule has 1 aromatic heterocycles. The van der Waals surface area contributed by atoms with Crippen LogP contribution in [0.3, 0.4) is 0 Å². The van der Waals surface area contributed by atoms with Crippen LogP contribution in [0.5, 0.6) is 5.75 Å². The van der Waals surface area contributed by atoms with Gasteiger partial charge in [0, 0.05) is 10.9 Å². The van der Waals surface area contributed by atoms with Crippen molar-refractivity contribution in [1.29, 1.82) is 0 Å². The first-order valence-electron chi connectivity index (χ1n) is 6.70. The molecule has 0 amide bonds. The summed E-state index contributed by atoms with van der Waals surface area (Å²) in [6.45, 7) is 2.18. The summed E-state index contributed by atoms with van der Waals surface area (Å²) in [4.78, 5) is 1.38. The number of halogens is 1. The lowest BCUT2D eigenvalue weighted by Gasteiger charge is -2.16. The van der Waals surface area contributed by atoms with E-state index in [1.807, 2.05) is 19.2 Å². The molecule has 108 valence electrons. The summed E-state index contributed by atoms with van der Waals surface area (Å²) in [6, 6.07) is 11.0. The molecule has 0 fully saturated rings. The van der Waals surface area contributed by atoms with Crippen LogP contribution < -0.4 is 10.1 Å². The molecule has 1 heterocycles. The first-order valence-corrected chi connectivity index (χ1v) is 8.31. The highest BCUT2D eigenvalue weighted by Gasteiger charge is 2.14. The number of aryl methyl sites for hydroxylation is 2. The van der Waals surface area contributed by atoms with E-state index in [4.69, 9.17) is 4.74 Å². The lowest BCUT2D eigenvalue weighted by atomic mass is 10.00. The quantitative estimate of drug-likeness (QED) is 0.810. The molecule has 2 aromatic rings. The van der Waals surface area contributed by atoms with Gasteiger partial charge < -0.3 is 10.1 Å². The number of hydrogen-bond donors (Lipinski definition) is 1. The summed E-state index contributed by atoms with van der Waals surface area (Å²) in [5, 5.41) is 3.43. The average Bonchev–Trinajstić information content (AvgIpc) is 2.79. The maximum Gasteiger partial charge on any atom is 0.118 e. The van der Waals surface area contributed by atoms with Crippen LogP contribution in [-0.2, 0) is 6.42 Å². The van der Waals surface area contributed by atoms with Crippen molar-refractivity contribution >= 4 is 27.3 Å². The van der Waals surface area contributed by atoms with Crippen LogP contribution in [0.25, 0.3) is 0 Å². The highest BCUT2D eigenvalue weighted by atomic mass is 79.9. The summed E-state index contributed by atoms with van der Waals surface area (Å²) in [6.07, 6.45) is 2.15. The van der Waals surface area contributed by atoms with E-state index in [2.05, 4.69) is 46.4 Å². The van der Waals surface area contributed by atoms with Gasteiger partial charge in [0.2, 0.25) is 0 Å². The van der Waals surface area contributed by atoms with Crippen LogP contribution in [0.4, 0.5) is 0 Å². The van der Waals surface area contributed by atoms with Crippen molar-refractivity contribution in [3.63, 3.8) is 0 Å². The van der Waals surface area contributed by atoms with Gasteiger partial charge in [0.25, 0.3) is 0 Å². The van der Waals surface area contributed by atoms with Gasteiger partial charge >= 0.3 is 0 Å². The Balaban J connectivity index is 2.01. The third kappa shape index (κ3) is 3.84. The Kier molecular flexibility index (Phi) is 5.64. The number of hydrogen-bond acceptors (Lipinski definition) is 3. The molecule has 0 saturated heterocycles. The van der Waals surface area contributed by atoms with Gasteiger partial charge in [-0.1, -0.05) is 12.1 Å². The van der Waals surface area contributed by atoms with Crippen molar-refractivity contribution in [1.82, 2.24) is 5.32 Å². The lowest BCUT2D eigenvalue weighted by molar-refractivity contribution is 0.414. The molecule has 20 heavy (non-hydrogen) atoms. The van der Waals surface area contributed by atoms with Crippen LogP contribution in [0.15, 0.2) is 34.1 Å². The minimum absolute atomic E-state index is 0.402. The predicted molar refractivity (Wildman–Crippen MR) is 89.9 cm³/mol. The molecule has 0 spiro atoms. The Morgan fingerprint density at radius 1 is 1.30 bits per heavy atom. The molecule has 0 saturated carbocycles. The van der Waals surface area contributed by atoms with Gasteiger partial charge in [-0.05, 0) is 72.1 Å². The van der Waals surface area contributed by atoms with Crippen LogP contribution >= 0.6 is 27.3 Å². The van der Waals surface area contributed by atoms with Gasteiger partial charge in [-0.25, -0.2) is 0 Å². The molecule has 2 rings (SSSR count). The Morgan fingerprint density at radius 3 is 2.50 bits per heavy atom. The predicted octanol–water partition coefficient (Wildman–Crippen LogP) is 4.72. The summed E-state index contributed by atoms with van der Waals surface area (Å²) in [7, 11) is 3.73. The number of benzene rings is 1. The fourth-order valence-electron chi connectivity index (χ4n) is 2.36. The number of ether oxygens (including phenoxy) is 1. The van der Waals surface area contributed by atoms with E-state index in [9.17, 15) is 0 Å². The molecule has 1 atom stereocenters. The zero-order valence-corrected chi connectivity index (χ0v) is 14.5. The molecule has 0 aliphatic rings. The number of nitrogens with one attached hydrogen (secondary N) is 1. The van der Waals surface area contributed by atoms with Gasteiger partial charge in [-0.2, -0.15) is 0 Å². The van der Waals surface area contributed by atoms with Crippen LogP contribution in [0, 0.1) is 6.92 Å². The van der Waals surface area contributed by atoms with E-state index < -0.39 is 0 Å². The summed E-state index contributed by atoms with van der Waals surface area (Å²) < 4.78 is 6.39. The molecule has 0 bridgehead atoms. The molecule has 2 nitrogen and oxygen atoms in total. The maximum atomic E-state index is 5.19. The zero-order chi connectivity index (χ0) is 14.5. The third-order valence-electron chi connectivity index (χ3n) is 3.53. The van der Waals surface area contributed by atoms with Crippen molar-refractivity contribution in [2.75, 3.05) is 14.2 Å². The molecule has 4 heteroatoms. The van der Waals surface area contributed by atoms with Gasteiger partial charge in [-0.15, -0.1) is 11.3 Å². The monoisotopic (exact) mass is 353 g/mol. The Hall–Kier alpha value is -0.840. The Labute approximate surface area is 133 Å². The molecule has 1 N–H and O–H groups in total. The molecular formula is C16H20BrNOS. The summed E-state index contributed by atoms with van der Waals surface area (Å²) in [5.74, 6) is 0.913. The van der Waals surface area contributed by atoms with E-state index in [1.54, 1.807) is 18.4 Å². The molecule has 0 radical (unpaired) electrons. The second-order valence-electron chi connectivity index (χ2n) is 4.79. The van der Waals surface area contributed by atoms with Crippen molar-refractivity contribution in [3.8, 4) is 5.75 Å². The van der Waals surface area contributed by atoms with Crippen LogP contribution in [0.2, 0.25) is 0 Å². The van der Waals surface area contributed by atoms with Crippen molar-refractivity contribution in [3.05, 3.63) is 50.1 Å². The molecule has 0 aliphatic carbocycles. The van der Waals surface area contributed by atoms with E-state index in [-0.39, 0.29) is 0 Å². The first kappa shape index (κ1) is 15.5.